The number of hydrogen-bond acceptors (Lipinski definition) is 2. The largest absolute Gasteiger partial charge is 0.324 e. The average Bonchev–Trinajstić information content (AvgIpc) is 2.89. The molecule has 0 bridgehead atoms. The van der Waals surface area contributed by atoms with Gasteiger partial charge >= 0.3 is 0 Å². The van der Waals surface area contributed by atoms with Gasteiger partial charge in [-0.15, -0.1) is 0 Å². The highest BCUT2D eigenvalue weighted by molar-refractivity contribution is 9.10. The summed E-state index contributed by atoms with van der Waals surface area (Å²) < 4.78 is 3.13. The van der Waals surface area contributed by atoms with Crippen molar-refractivity contribution in [2.75, 3.05) is 0 Å². The third kappa shape index (κ3) is 3.49. The van der Waals surface area contributed by atoms with Crippen LogP contribution in [0.4, 0.5) is 0 Å². The zero-order chi connectivity index (χ0) is 14.7. The maximum atomic E-state index is 6.29. The zero-order valence-electron chi connectivity index (χ0n) is 12.3. The summed E-state index contributed by atoms with van der Waals surface area (Å²) in [7, 11) is 0. The Kier molecular flexibility index (Phi) is 5.00. The van der Waals surface area contributed by atoms with E-state index in [1.54, 1.807) is 0 Å². The molecule has 2 rings (SSSR count). The van der Waals surface area contributed by atoms with Gasteiger partial charge in [-0.1, -0.05) is 35.0 Å². The van der Waals surface area contributed by atoms with Crippen LogP contribution in [0.3, 0.4) is 0 Å². The number of rotatable bonds is 5. The van der Waals surface area contributed by atoms with Crippen molar-refractivity contribution >= 4 is 15.9 Å². The third-order valence-electron chi connectivity index (χ3n) is 3.76. The maximum absolute atomic E-state index is 6.29. The Balaban J connectivity index is 2.09. The van der Waals surface area contributed by atoms with Crippen molar-refractivity contribution in [3.8, 4) is 0 Å². The van der Waals surface area contributed by atoms with Gasteiger partial charge in [-0.3, -0.25) is 4.68 Å². The van der Waals surface area contributed by atoms with Crippen LogP contribution in [0, 0.1) is 6.92 Å². The van der Waals surface area contributed by atoms with E-state index in [1.165, 1.54) is 5.56 Å². The lowest BCUT2D eigenvalue weighted by Gasteiger charge is -2.12. The van der Waals surface area contributed by atoms with E-state index in [4.69, 9.17) is 5.73 Å². The molecule has 3 nitrogen and oxygen atoms in total. The van der Waals surface area contributed by atoms with Crippen molar-refractivity contribution in [2.24, 2.45) is 5.73 Å². The molecule has 0 spiro atoms. The number of nitrogens with two attached hydrogens (primary N) is 1. The van der Waals surface area contributed by atoms with E-state index in [9.17, 15) is 0 Å². The summed E-state index contributed by atoms with van der Waals surface area (Å²) in [6, 6.07) is 8.77. The Morgan fingerprint density at radius 1 is 1.35 bits per heavy atom. The molecule has 2 unspecified atom stereocenters. The number of aryl methyl sites for hydroxylation is 1. The number of nitrogens with zero attached hydrogens (tertiary/aromatic N) is 2. The molecule has 1 aromatic carbocycles. The second-order valence-electron chi connectivity index (χ2n) is 5.36. The molecule has 2 aromatic rings. The lowest BCUT2D eigenvalue weighted by Crippen LogP contribution is -2.14. The van der Waals surface area contributed by atoms with Crippen LogP contribution in [-0.2, 0) is 6.42 Å². The molecule has 0 aliphatic rings. The summed E-state index contributed by atoms with van der Waals surface area (Å²) in [5, 5.41) is 4.61. The van der Waals surface area contributed by atoms with E-state index >= 15 is 0 Å². The second-order valence-corrected chi connectivity index (χ2v) is 6.22. The normalized spacial score (nSPS) is 14.2. The fourth-order valence-electron chi connectivity index (χ4n) is 2.10. The van der Waals surface area contributed by atoms with Gasteiger partial charge in [-0.2, -0.15) is 5.10 Å². The highest BCUT2D eigenvalue weighted by Gasteiger charge is 2.11. The van der Waals surface area contributed by atoms with Gasteiger partial charge in [-0.25, -0.2) is 0 Å². The number of aromatic nitrogens is 2. The first-order chi connectivity index (χ1) is 9.51. The van der Waals surface area contributed by atoms with Crippen molar-refractivity contribution in [1.82, 2.24) is 9.78 Å². The number of halogens is 1. The van der Waals surface area contributed by atoms with Gasteiger partial charge in [0.25, 0.3) is 0 Å². The first-order valence-electron chi connectivity index (χ1n) is 7.07. The minimum absolute atomic E-state index is 0.0211. The molecule has 1 heterocycles. The van der Waals surface area contributed by atoms with Crippen LogP contribution in [0.5, 0.6) is 0 Å². The fraction of sp³-hybridized carbons (Fsp3) is 0.438. The third-order valence-corrected chi connectivity index (χ3v) is 4.61. The molecule has 1 aromatic heterocycles. The van der Waals surface area contributed by atoms with E-state index in [0.717, 1.165) is 28.6 Å². The van der Waals surface area contributed by atoms with Crippen LogP contribution in [0.25, 0.3) is 0 Å². The van der Waals surface area contributed by atoms with Crippen molar-refractivity contribution in [1.29, 1.82) is 0 Å². The van der Waals surface area contributed by atoms with Crippen LogP contribution in [0.15, 0.2) is 34.9 Å². The number of benzene rings is 1. The Morgan fingerprint density at radius 2 is 2.10 bits per heavy atom. The molecule has 0 saturated carbocycles. The van der Waals surface area contributed by atoms with Crippen molar-refractivity contribution in [3.63, 3.8) is 0 Å². The van der Waals surface area contributed by atoms with Crippen molar-refractivity contribution in [3.05, 3.63) is 51.8 Å². The van der Waals surface area contributed by atoms with Gasteiger partial charge in [0, 0.05) is 29.2 Å². The molecular formula is C16H22BrN3. The highest BCUT2D eigenvalue weighted by atomic mass is 79.9. The van der Waals surface area contributed by atoms with Gasteiger partial charge in [-0.05, 0) is 43.5 Å². The van der Waals surface area contributed by atoms with E-state index in [1.807, 2.05) is 10.9 Å². The van der Waals surface area contributed by atoms with Crippen LogP contribution in [0.2, 0.25) is 0 Å². The van der Waals surface area contributed by atoms with Gasteiger partial charge in [0.05, 0.1) is 5.69 Å². The first-order valence-corrected chi connectivity index (χ1v) is 7.86. The molecule has 2 atom stereocenters. The summed E-state index contributed by atoms with van der Waals surface area (Å²) >= 11 is 3.56. The molecule has 0 aliphatic heterocycles. The Hall–Kier alpha value is -1.13. The Labute approximate surface area is 129 Å². The Bertz CT molecular complexity index is 577. The molecule has 0 fully saturated rings. The highest BCUT2D eigenvalue weighted by Crippen LogP contribution is 2.23. The van der Waals surface area contributed by atoms with Gasteiger partial charge in [0.1, 0.15) is 0 Å². The molecule has 0 amide bonds. The second kappa shape index (κ2) is 6.55. The average molecular weight is 336 g/mol. The van der Waals surface area contributed by atoms with Crippen molar-refractivity contribution < 1.29 is 0 Å². The molecule has 0 radical (unpaired) electrons. The quantitative estimate of drug-likeness (QED) is 0.891. The summed E-state index contributed by atoms with van der Waals surface area (Å²) in [5.41, 5.74) is 9.71. The van der Waals surface area contributed by atoms with E-state index < -0.39 is 0 Å². The monoisotopic (exact) mass is 335 g/mol. The Morgan fingerprint density at radius 3 is 2.75 bits per heavy atom. The molecule has 0 saturated heterocycles. The predicted octanol–water partition coefficient (Wildman–Crippen LogP) is 4.17. The van der Waals surface area contributed by atoms with Gasteiger partial charge in [0.15, 0.2) is 0 Å². The van der Waals surface area contributed by atoms with Gasteiger partial charge in [0.2, 0.25) is 0 Å². The minimum atomic E-state index is -0.0211. The van der Waals surface area contributed by atoms with Gasteiger partial charge < -0.3 is 5.73 Å². The molecular weight excluding hydrogens is 314 g/mol. The topological polar surface area (TPSA) is 43.8 Å². The van der Waals surface area contributed by atoms with Crippen LogP contribution >= 0.6 is 15.9 Å². The van der Waals surface area contributed by atoms with Crippen LogP contribution < -0.4 is 5.73 Å². The van der Waals surface area contributed by atoms with E-state index in [2.05, 4.69) is 66.1 Å². The molecule has 4 heteroatoms. The molecule has 2 N–H and O–H groups in total. The zero-order valence-corrected chi connectivity index (χ0v) is 13.9. The fourth-order valence-corrected chi connectivity index (χ4v) is 2.50. The SMILES string of the molecule is CCC(C)n1ccc(CC(N)c2ccc(C)c(Br)c2)n1. The summed E-state index contributed by atoms with van der Waals surface area (Å²) in [6.45, 7) is 6.42. The lowest BCUT2D eigenvalue weighted by molar-refractivity contribution is 0.472. The summed E-state index contributed by atoms with van der Waals surface area (Å²) in [5.74, 6) is 0. The first kappa shape index (κ1) is 15.3. The van der Waals surface area contributed by atoms with Crippen LogP contribution in [-0.4, -0.2) is 9.78 Å². The summed E-state index contributed by atoms with van der Waals surface area (Å²) in [6.07, 6.45) is 3.89. The molecule has 0 aliphatic carbocycles. The lowest BCUT2D eigenvalue weighted by atomic mass is 10.0. The maximum Gasteiger partial charge on any atom is 0.0643 e. The van der Waals surface area contributed by atoms with Crippen LogP contribution in [0.1, 0.15) is 49.2 Å². The minimum Gasteiger partial charge on any atom is -0.324 e. The molecule has 108 valence electrons. The number of hydrogen-bond donors (Lipinski definition) is 1. The smallest absolute Gasteiger partial charge is 0.0643 e. The van der Waals surface area contributed by atoms with E-state index in [-0.39, 0.29) is 6.04 Å². The standard InChI is InChI=1S/C16H22BrN3/c1-4-12(3)20-8-7-14(19-20)10-16(18)13-6-5-11(2)15(17)9-13/h5-9,12,16H,4,10,18H2,1-3H3. The predicted molar refractivity (Wildman–Crippen MR) is 86.7 cm³/mol. The summed E-state index contributed by atoms with van der Waals surface area (Å²) in [4.78, 5) is 0. The van der Waals surface area contributed by atoms with E-state index in [0.29, 0.717) is 6.04 Å². The van der Waals surface area contributed by atoms with Crippen molar-refractivity contribution in [2.45, 2.75) is 45.7 Å². The molecule has 20 heavy (non-hydrogen) atoms.